The highest BCUT2D eigenvalue weighted by Crippen LogP contribution is 2.02. The van der Waals surface area contributed by atoms with Crippen molar-refractivity contribution in [3.63, 3.8) is 0 Å². The van der Waals surface area contributed by atoms with E-state index in [1.807, 2.05) is 0 Å². The van der Waals surface area contributed by atoms with Crippen molar-refractivity contribution < 1.29 is 14.7 Å². The van der Waals surface area contributed by atoms with Gasteiger partial charge >= 0.3 is 5.97 Å². The summed E-state index contributed by atoms with van der Waals surface area (Å²) in [5.41, 5.74) is 5.49. The van der Waals surface area contributed by atoms with Gasteiger partial charge in [0, 0.05) is 6.20 Å². The summed E-state index contributed by atoms with van der Waals surface area (Å²) in [5, 5.41) is 10.7. The maximum absolute atomic E-state index is 11.1. The van der Waals surface area contributed by atoms with Crippen molar-refractivity contribution in [2.24, 2.45) is 5.73 Å². The molecule has 6 heteroatoms. The minimum absolute atomic E-state index is 0.411. The third kappa shape index (κ3) is 2.53. The number of anilines is 1. The summed E-state index contributed by atoms with van der Waals surface area (Å²) >= 11 is 0. The number of pyridine rings is 1. The Hall–Kier alpha value is -1.95. The molecule has 14 heavy (non-hydrogen) atoms. The molecule has 1 atom stereocenters. The standard InChI is InChI=1S/C8H9N3O3/c9-6(8(13)14)7(12)11-5-2-1-3-10-4-5/h1-4,6H,9H2,(H,11,12)(H,13,14). The third-order valence-corrected chi connectivity index (χ3v) is 1.48. The predicted octanol–water partition coefficient (Wildman–Crippen LogP) is -0.568. The van der Waals surface area contributed by atoms with Crippen LogP contribution in [-0.2, 0) is 9.59 Å². The van der Waals surface area contributed by atoms with E-state index in [0.29, 0.717) is 5.69 Å². The number of rotatable bonds is 3. The molecule has 4 N–H and O–H groups in total. The summed E-state index contributed by atoms with van der Waals surface area (Å²) in [5.74, 6) is -2.14. The van der Waals surface area contributed by atoms with Gasteiger partial charge in [-0.2, -0.15) is 0 Å². The number of nitrogens with zero attached hydrogens (tertiary/aromatic N) is 1. The number of amides is 1. The Bertz CT molecular complexity index is 339. The van der Waals surface area contributed by atoms with Crippen molar-refractivity contribution >= 4 is 17.6 Å². The highest BCUT2D eigenvalue weighted by atomic mass is 16.4. The number of carboxylic acids is 1. The van der Waals surface area contributed by atoms with E-state index >= 15 is 0 Å². The van der Waals surface area contributed by atoms with Gasteiger partial charge in [0.05, 0.1) is 11.9 Å². The first-order valence-electron chi connectivity index (χ1n) is 3.80. The first kappa shape index (κ1) is 10.1. The average Bonchev–Trinajstić information content (AvgIpc) is 2.18. The number of carbonyl (C=O) groups excluding carboxylic acids is 1. The molecule has 1 amide bonds. The molecule has 0 fully saturated rings. The van der Waals surface area contributed by atoms with Crippen LogP contribution in [0.25, 0.3) is 0 Å². The smallest absolute Gasteiger partial charge is 0.330 e. The molecule has 1 aromatic heterocycles. The Kier molecular flexibility index (Phi) is 3.14. The van der Waals surface area contributed by atoms with Gasteiger partial charge in [-0.3, -0.25) is 9.78 Å². The molecular weight excluding hydrogens is 186 g/mol. The fourth-order valence-corrected chi connectivity index (χ4v) is 0.769. The van der Waals surface area contributed by atoms with Crippen molar-refractivity contribution in [1.82, 2.24) is 4.98 Å². The SMILES string of the molecule is NC(C(=O)O)C(=O)Nc1cccnc1. The molecule has 0 saturated heterocycles. The van der Waals surface area contributed by atoms with Crippen LogP contribution in [0.1, 0.15) is 0 Å². The lowest BCUT2D eigenvalue weighted by Crippen LogP contribution is -2.42. The summed E-state index contributed by atoms with van der Waals surface area (Å²) in [6.45, 7) is 0. The average molecular weight is 195 g/mol. The van der Waals surface area contributed by atoms with E-state index in [-0.39, 0.29) is 0 Å². The number of carboxylic acid groups (broad SMARTS) is 1. The molecule has 0 spiro atoms. The van der Waals surface area contributed by atoms with E-state index < -0.39 is 17.9 Å². The lowest BCUT2D eigenvalue weighted by molar-refractivity contribution is -0.141. The van der Waals surface area contributed by atoms with E-state index in [9.17, 15) is 9.59 Å². The zero-order chi connectivity index (χ0) is 10.6. The molecule has 0 aromatic carbocycles. The van der Waals surface area contributed by atoms with E-state index in [1.165, 1.54) is 12.4 Å². The predicted molar refractivity (Wildman–Crippen MR) is 48.5 cm³/mol. The first-order chi connectivity index (χ1) is 6.61. The molecule has 0 saturated carbocycles. The zero-order valence-corrected chi connectivity index (χ0v) is 7.18. The molecule has 6 nitrogen and oxygen atoms in total. The monoisotopic (exact) mass is 195 g/mol. The summed E-state index contributed by atoms with van der Waals surface area (Å²) in [6, 6.07) is 1.64. The van der Waals surface area contributed by atoms with Crippen molar-refractivity contribution in [1.29, 1.82) is 0 Å². The van der Waals surface area contributed by atoms with E-state index in [1.54, 1.807) is 12.1 Å². The number of hydrogen-bond acceptors (Lipinski definition) is 4. The van der Waals surface area contributed by atoms with Crippen molar-refractivity contribution in [2.45, 2.75) is 6.04 Å². The van der Waals surface area contributed by atoms with Crippen molar-refractivity contribution in [3.8, 4) is 0 Å². The molecule has 0 aliphatic carbocycles. The molecule has 0 radical (unpaired) electrons. The van der Waals surface area contributed by atoms with Crippen LogP contribution in [0.2, 0.25) is 0 Å². The molecule has 74 valence electrons. The quantitative estimate of drug-likeness (QED) is 0.560. The largest absolute Gasteiger partial charge is 0.480 e. The fraction of sp³-hybridized carbons (Fsp3) is 0.125. The first-order valence-corrected chi connectivity index (χ1v) is 3.80. The van der Waals surface area contributed by atoms with Crippen LogP contribution in [0.5, 0.6) is 0 Å². The summed E-state index contributed by atoms with van der Waals surface area (Å²) in [6.07, 6.45) is 2.93. The fourth-order valence-electron chi connectivity index (χ4n) is 0.769. The highest BCUT2D eigenvalue weighted by Gasteiger charge is 2.20. The highest BCUT2D eigenvalue weighted by molar-refractivity contribution is 6.07. The molecule has 1 aromatic rings. The number of hydrogen-bond donors (Lipinski definition) is 3. The lowest BCUT2D eigenvalue weighted by Gasteiger charge is -2.07. The van der Waals surface area contributed by atoms with Gasteiger partial charge in [0.1, 0.15) is 0 Å². The minimum Gasteiger partial charge on any atom is -0.480 e. The van der Waals surface area contributed by atoms with Crippen LogP contribution in [0.4, 0.5) is 5.69 Å². The minimum atomic E-state index is -1.56. The maximum Gasteiger partial charge on any atom is 0.330 e. The molecule has 1 rings (SSSR count). The van der Waals surface area contributed by atoms with E-state index in [4.69, 9.17) is 10.8 Å². The Morgan fingerprint density at radius 1 is 1.57 bits per heavy atom. The molecule has 0 aliphatic rings. The third-order valence-electron chi connectivity index (χ3n) is 1.48. The van der Waals surface area contributed by atoms with Gasteiger partial charge < -0.3 is 16.2 Å². The van der Waals surface area contributed by atoms with Crippen LogP contribution in [0.15, 0.2) is 24.5 Å². The number of nitrogens with two attached hydrogens (primary N) is 1. The van der Waals surface area contributed by atoms with Crippen LogP contribution < -0.4 is 11.1 Å². The number of aromatic nitrogens is 1. The van der Waals surface area contributed by atoms with Gasteiger partial charge in [0.25, 0.3) is 5.91 Å². The number of carbonyl (C=O) groups is 2. The zero-order valence-electron chi connectivity index (χ0n) is 7.18. The maximum atomic E-state index is 11.1. The van der Waals surface area contributed by atoms with Crippen molar-refractivity contribution in [3.05, 3.63) is 24.5 Å². The second-order valence-corrected chi connectivity index (χ2v) is 2.55. The lowest BCUT2D eigenvalue weighted by atomic mass is 10.3. The van der Waals surface area contributed by atoms with Crippen LogP contribution in [0.3, 0.4) is 0 Å². The Morgan fingerprint density at radius 3 is 2.79 bits per heavy atom. The topological polar surface area (TPSA) is 105 Å². The van der Waals surface area contributed by atoms with Gasteiger partial charge in [0.15, 0.2) is 6.04 Å². The van der Waals surface area contributed by atoms with Crippen molar-refractivity contribution in [2.75, 3.05) is 5.32 Å². The van der Waals surface area contributed by atoms with Gasteiger partial charge in [-0.05, 0) is 12.1 Å². The molecule has 0 aliphatic heterocycles. The molecule has 1 heterocycles. The second-order valence-electron chi connectivity index (χ2n) is 2.55. The van der Waals surface area contributed by atoms with Crippen LogP contribution >= 0.6 is 0 Å². The molecular formula is C8H9N3O3. The Balaban J connectivity index is 2.62. The summed E-state index contributed by atoms with van der Waals surface area (Å²) < 4.78 is 0. The Morgan fingerprint density at radius 2 is 2.29 bits per heavy atom. The molecule has 1 unspecified atom stereocenters. The van der Waals surface area contributed by atoms with Gasteiger partial charge in [0.2, 0.25) is 0 Å². The summed E-state index contributed by atoms with van der Waals surface area (Å²) in [7, 11) is 0. The number of aliphatic carboxylic acids is 1. The van der Waals surface area contributed by atoms with Crippen LogP contribution in [-0.4, -0.2) is 28.0 Å². The second kappa shape index (κ2) is 4.33. The van der Waals surface area contributed by atoms with Gasteiger partial charge in [-0.15, -0.1) is 0 Å². The molecule has 0 bridgehead atoms. The summed E-state index contributed by atoms with van der Waals surface area (Å²) in [4.78, 5) is 25.2. The van der Waals surface area contributed by atoms with Gasteiger partial charge in [-0.25, -0.2) is 4.79 Å². The van der Waals surface area contributed by atoms with Crippen LogP contribution in [0, 0.1) is 0 Å². The van der Waals surface area contributed by atoms with E-state index in [0.717, 1.165) is 0 Å². The normalized spacial score (nSPS) is 11.8. The Labute approximate surface area is 79.8 Å². The van der Waals surface area contributed by atoms with E-state index in [2.05, 4.69) is 10.3 Å². The number of nitrogens with one attached hydrogen (secondary N) is 1. The van der Waals surface area contributed by atoms with Gasteiger partial charge in [-0.1, -0.05) is 0 Å².